The smallest absolute Gasteiger partial charge is 0.251 e. The molecule has 0 aliphatic carbocycles. The van der Waals surface area contributed by atoms with Gasteiger partial charge in [-0.3, -0.25) is 4.79 Å². The Kier molecular flexibility index (Phi) is 7.67. The molecule has 1 amide bonds. The van der Waals surface area contributed by atoms with Crippen molar-refractivity contribution < 1.29 is 14.3 Å². The Bertz CT molecular complexity index is 422. The molecule has 0 unspecified atom stereocenters. The van der Waals surface area contributed by atoms with Gasteiger partial charge in [0.15, 0.2) is 6.29 Å². The van der Waals surface area contributed by atoms with E-state index < -0.39 is 6.29 Å². The number of ether oxygens (including phenoxy) is 2. The first kappa shape index (κ1) is 16.7. The van der Waals surface area contributed by atoms with E-state index in [-0.39, 0.29) is 5.91 Å². The van der Waals surface area contributed by atoms with Crippen LogP contribution in [0.15, 0.2) is 18.2 Å². The number of halogens is 2. The highest BCUT2D eigenvalue weighted by atomic mass is 127. The molecular formula is C13H17ClINO3. The zero-order chi connectivity index (χ0) is 14.3. The Hall–Kier alpha value is -0.370. The number of rotatable bonds is 7. The van der Waals surface area contributed by atoms with Gasteiger partial charge >= 0.3 is 0 Å². The maximum Gasteiger partial charge on any atom is 0.251 e. The van der Waals surface area contributed by atoms with E-state index in [1.807, 2.05) is 13.8 Å². The molecule has 1 N–H and O–H groups in total. The van der Waals surface area contributed by atoms with Crippen molar-refractivity contribution in [2.24, 2.45) is 0 Å². The van der Waals surface area contributed by atoms with Crippen molar-refractivity contribution in [3.8, 4) is 0 Å². The average molecular weight is 398 g/mol. The van der Waals surface area contributed by atoms with Gasteiger partial charge < -0.3 is 14.8 Å². The van der Waals surface area contributed by atoms with Crippen molar-refractivity contribution in [1.82, 2.24) is 5.32 Å². The van der Waals surface area contributed by atoms with Crippen LogP contribution in [0.25, 0.3) is 0 Å². The van der Waals surface area contributed by atoms with Crippen LogP contribution in [0.5, 0.6) is 0 Å². The third kappa shape index (κ3) is 5.64. The Labute approximate surface area is 131 Å². The maximum absolute atomic E-state index is 11.9. The second-order valence-electron chi connectivity index (χ2n) is 3.68. The number of amides is 1. The summed E-state index contributed by atoms with van der Waals surface area (Å²) in [6, 6.07) is 5.19. The molecule has 0 bridgehead atoms. The monoisotopic (exact) mass is 397 g/mol. The molecule has 19 heavy (non-hydrogen) atoms. The molecule has 0 saturated carbocycles. The van der Waals surface area contributed by atoms with Crippen LogP contribution in [-0.2, 0) is 9.47 Å². The lowest BCUT2D eigenvalue weighted by Crippen LogP contribution is -2.35. The fraction of sp³-hybridized carbons (Fsp3) is 0.462. The van der Waals surface area contributed by atoms with E-state index in [0.29, 0.717) is 30.3 Å². The van der Waals surface area contributed by atoms with Gasteiger partial charge in [-0.2, -0.15) is 0 Å². The first-order valence-corrected chi connectivity index (χ1v) is 7.50. The van der Waals surface area contributed by atoms with E-state index in [0.717, 1.165) is 3.57 Å². The number of nitrogens with one attached hydrogen (secondary N) is 1. The van der Waals surface area contributed by atoms with E-state index in [2.05, 4.69) is 27.9 Å². The molecule has 1 aromatic carbocycles. The quantitative estimate of drug-likeness (QED) is 0.568. The normalized spacial score (nSPS) is 10.8. The summed E-state index contributed by atoms with van der Waals surface area (Å²) in [5.41, 5.74) is 0.525. The molecule has 6 heteroatoms. The van der Waals surface area contributed by atoms with Crippen LogP contribution < -0.4 is 5.32 Å². The van der Waals surface area contributed by atoms with Crippen molar-refractivity contribution in [3.05, 3.63) is 32.4 Å². The van der Waals surface area contributed by atoms with Crippen LogP contribution in [0.4, 0.5) is 0 Å². The van der Waals surface area contributed by atoms with Gasteiger partial charge in [0.1, 0.15) is 0 Å². The lowest BCUT2D eigenvalue weighted by atomic mass is 10.2. The van der Waals surface area contributed by atoms with E-state index in [9.17, 15) is 4.79 Å². The standard InChI is InChI=1S/C13H17ClINO3/c1-3-18-12(19-4-2)8-16-13(17)9-5-6-11(15)10(14)7-9/h5-7,12H,3-4,8H2,1-2H3,(H,16,17). The molecule has 106 valence electrons. The maximum atomic E-state index is 11.9. The Morgan fingerprint density at radius 2 is 2.00 bits per heavy atom. The summed E-state index contributed by atoms with van der Waals surface area (Å²) >= 11 is 8.10. The molecule has 0 radical (unpaired) electrons. The second kappa shape index (κ2) is 8.73. The van der Waals surface area contributed by atoms with Gasteiger partial charge in [-0.1, -0.05) is 11.6 Å². The Balaban J connectivity index is 2.56. The molecule has 0 aliphatic heterocycles. The van der Waals surface area contributed by atoms with Gasteiger partial charge in [0.2, 0.25) is 0 Å². The van der Waals surface area contributed by atoms with Crippen molar-refractivity contribution in [2.45, 2.75) is 20.1 Å². The first-order chi connectivity index (χ1) is 9.08. The molecule has 1 aromatic rings. The lowest BCUT2D eigenvalue weighted by Gasteiger charge is -2.17. The van der Waals surface area contributed by atoms with E-state index in [4.69, 9.17) is 21.1 Å². The summed E-state index contributed by atoms with van der Waals surface area (Å²) in [7, 11) is 0. The fourth-order valence-corrected chi connectivity index (χ4v) is 1.97. The summed E-state index contributed by atoms with van der Waals surface area (Å²) in [5.74, 6) is -0.192. The van der Waals surface area contributed by atoms with Gasteiger partial charge in [-0.25, -0.2) is 0 Å². The highest BCUT2D eigenvalue weighted by Crippen LogP contribution is 2.19. The molecule has 0 spiro atoms. The van der Waals surface area contributed by atoms with Gasteiger partial charge in [-0.15, -0.1) is 0 Å². The van der Waals surface area contributed by atoms with Crippen molar-refractivity contribution in [3.63, 3.8) is 0 Å². The zero-order valence-corrected chi connectivity index (χ0v) is 13.8. The topological polar surface area (TPSA) is 47.6 Å². The van der Waals surface area contributed by atoms with Gasteiger partial charge in [0, 0.05) is 22.3 Å². The van der Waals surface area contributed by atoms with Crippen LogP contribution >= 0.6 is 34.2 Å². The summed E-state index contributed by atoms with van der Waals surface area (Å²) in [4.78, 5) is 11.9. The molecule has 0 saturated heterocycles. The molecule has 0 fully saturated rings. The number of carbonyl (C=O) groups excluding carboxylic acids is 1. The predicted octanol–water partition coefficient (Wildman–Crippen LogP) is 3.07. The summed E-state index contributed by atoms with van der Waals surface area (Å²) in [5, 5.41) is 3.33. The van der Waals surface area contributed by atoms with E-state index in [1.165, 1.54) is 0 Å². The molecule has 1 rings (SSSR count). The third-order valence-electron chi connectivity index (χ3n) is 2.32. The third-order valence-corrected chi connectivity index (χ3v) is 3.89. The minimum absolute atomic E-state index is 0.192. The van der Waals surface area contributed by atoms with Crippen LogP contribution in [0.2, 0.25) is 5.02 Å². The SMILES string of the molecule is CCOC(CNC(=O)c1ccc(I)c(Cl)c1)OCC. The van der Waals surface area contributed by atoms with Gasteiger partial charge in [0.05, 0.1) is 11.6 Å². The second-order valence-corrected chi connectivity index (χ2v) is 5.25. The van der Waals surface area contributed by atoms with Crippen molar-refractivity contribution in [2.75, 3.05) is 19.8 Å². The average Bonchev–Trinajstić information content (AvgIpc) is 2.39. The summed E-state index contributed by atoms with van der Waals surface area (Å²) in [6.07, 6.45) is -0.418. The zero-order valence-electron chi connectivity index (χ0n) is 10.9. The largest absolute Gasteiger partial charge is 0.351 e. The highest BCUT2D eigenvalue weighted by molar-refractivity contribution is 14.1. The van der Waals surface area contributed by atoms with Gasteiger partial charge in [0.25, 0.3) is 5.91 Å². The van der Waals surface area contributed by atoms with Crippen LogP contribution in [0.1, 0.15) is 24.2 Å². The molecule has 0 atom stereocenters. The number of hydrogen-bond acceptors (Lipinski definition) is 3. The summed E-state index contributed by atoms with van der Waals surface area (Å²) in [6.45, 7) is 5.15. The minimum atomic E-state index is -0.418. The highest BCUT2D eigenvalue weighted by Gasteiger charge is 2.12. The molecule has 0 heterocycles. The summed E-state index contributed by atoms with van der Waals surface area (Å²) < 4.78 is 11.6. The van der Waals surface area contributed by atoms with Crippen LogP contribution in [-0.4, -0.2) is 32.0 Å². The predicted molar refractivity (Wildman–Crippen MR) is 83.5 cm³/mol. The first-order valence-electron chi connectivity index (χ1n) is 6.04. The van der Waals surface area contributed by atoms with Crippen LogP contribution in [0, 0.1) is 3.57 Å². The number of hydrogen-bond donors (Lipinski definition) is 1. The molecular weight excluding hydrogens is 381 g/mol. The van der Waals surface area contributed by atoms with Gasteiger partial charge in [-0.05, 0) is 54.6 Å². The molecule has 0 aliphatic rings. The van der Waals surface area contributed by atoms with Crippen LogP contribution in [0.3, 0.4) is 0 Å². The Morgan fingerprint density at radius 1 is 1.37 bits per heavy atom. The Morgan fingerprint density at radius 3 is 2.53 bits per heavy atom. The lowest BCUT2D eigenvalue weighted by molar-refractivity contribution is -0.131. The van der Waals surface area contributed by atoms with Crippen molar-refractivity contribution >= 4 is 40.1 Å². The minimum Gasteiger partial charge on any atom is -0.351 e. The van der Waals surface area contributed by atoms with Crippen molar-refractivity contribution in [1.29, 1.82) is 0 Å². The number of carbonyl (C=O) groups is 1. The number of benzene rings is 1. The van der Waals surface area contributed by atoms with E-state index in [1.54, 1.807) is 18.2 Å². The molecule has 4 nitrogen and oxygen atoms in total. The van der Waals surface area contributed by atoms with E-state index >= 15 is 0 Å². The fourth-order valence-electron chi connectivity index (χ4n) is 1.45. The molecule has 0 aromatic heterocycles.